The summed E-state index contributed by atoms with van der Waals surface area (Å²) in [6.45, 7) is 4.68. The van der Waals surface area contributed by atoms with Gasteiger partial charge in [0.05, 0.1) is 0 Å². The molecule has 8 rings (SSSR count). The van der Waals surface area contributed by atoms with Crippen LogP contribution in [-0.2, 0) is 5.41 Å². The van der Waals surface area contributed by atoms with Crippen LogP contribution in [-0.4, -0.2) is 0 Å². The van der Waals surface area contributed by atoms with Gasteiger partial charge < -0.3 is 5.32 Å². The Kier molecular flexibility index (Phi) is 5.42. The van der Waals surface area contributed by atoms with E-state index < -0.39 is 0 Å². The summed E-state index contributed by atoms with van der Waals surface area (Å²) in [4.78, 5) is 0. The van der Waals surface area contributed by atoms with Crippen molar-refractivity contribution in [1.82, 2.24) is 0 Å². The zero-order valence-corrected chi connectivity index (χ0v) is 23.9. The van der Waals surface area contributed by atoms with E-state index in [-0.39, 0.29) is 5.41 Å². The molecule has 1 aliphatic carbocycles. The number of rotatable bonds is 4. The Morgan fingerprint density at radius 2 is 1.12 bits per heavy atom. The Morgan fingerprint density at radius 3 is 2.00 bits per heavy atom. The van der Waals surface area contributed by atoms with E-state index >= 15 is 0 Å². The van der Waals surface area contributed by atoms with E-state index in [4.69, 9.17) is 0 Å². The maximum Gasteiger partial charge on any atom is 0.0433 e. The highest BCUT2D eigenvalue weighted by Crippen LogP contribution is 2.49. The van der Waals surface area contributed by atoms with Crippen LogP contribution in [0.15, 0.2) is 133 Å². The second-order valence-electron chi connectivity index (χ2n) is 11.5. The van der Waals surface area contributed by atoms with Crippen molar-refractivity contribution in [2.24, 2.45) is 0 Å². The molecular weight excluding hydrogens is 515 g/mol. The lowest BCUT2D eigenvalue weighted by Gasteiger charge is -2.22. The van der Waals surface area contributed by atoms with Gasteiger partial charge in [0, 0.05) is 37.0 Å². The molecule has 0 unspecified atom stereocenters. The molecule has 0 radical (unpaired) electrons. The SMILES string of the molecule is CC1(C)c2ccccc2-c2ccc(-c3cccc(Nc4cccc(-c5cccc6c5sc5ccccc56)c4)c3)cc21. The monoisotopic (exact) mass is 543 g/mol. The highest BCUT2D eigenvalue weighted by molar-refractivity contribution is 7.26. The Balaban J connectivity index is 1.12. The minimum absolute atomic E-state index is 0.00446. The number of hydrogen-bond donors (Lipinski definition) is 1. The summed E-state index contributed by atoms with van der Waals surface area (Å²) in [5.41, 5.74) is 12.7. The molecule has 1 aliphatic rings. The van der Waals surface area contributed by atoms with Crippen LogP contribution in [0.5, 0.6) is 0 Å². The van der Waals surface area contributed by atoms with Gasteiger partial charge in [0.25, 0.3) is 0 Å². The van der Waals surface area contributed by atoms with Crippen LogP contribution in [0.1, 0.15) is 25.0 Å². The van der Waals surface area contributed by atoms with Gasteiger partial charge in [-0.2, -0.15) is 0 Å². The van der Waals surface area contributed by atoms with E-state index in [0.717, 1.165) is 11.4 Å². The van der Waals surface area contributed by atoms with E-state index in [1.54, 1.807) is 0 Å². The number of hydrogen-bond acceptors (Lipinski definition) is 2. The summed E-state index contributed by atoms with van der Waals surface area (Å²) in [7, 11) is 0. The predicted octanol–water partition coefficient (Wildman–Crippen LogP) is 11.4. The van der Waals surface area contributed by atoms with Crippen molar-refractivity contribution in [2.45, 2.75) is 19.3 Å². The summed E-state index contributed by atoms with van der Waals surface area (Å²) < 4.78 is 2.68. The van der Waals surface area contributed by atoms with Gasteiger partial charge in [-0.3, -0.25) is 0 Å². The molecule has 7 aromatic rings. The average Bonchev–Trinajstić information content (AvgIpc) is 3.50. The van der Waals surface area contributed by atoms with Gasteiger partial charge in [-0.15, -0.1) is 11.3 Å². The lowest BCUT2D eigenvalue weighted by atomic mass is 9.81. The number of thiophene rings is 1. The van der Waals surface area contributed by atoms with Crippen molar-refractivity contribution in [3.8, 4) is 33.4 Å². The minimum atomic E-state index is -0.00446. The summed E-state index contributed by atoms with van der Waals surface area (Å²) >= 11 is 1.88. The average molecular weight is 544 g/mol. The molecule has 2 heteroatoms. The topological polar surface area (TPSA) is 12.0 Å². The fraction of sp³-hybridized carbons (Fsp3) is 0.0769. The fourth-order valence-corrected chi connectivity index (χ4v) is 7.80. The molecule has 0 aliphatic heterocycles. The molecule has 0 saturated heterocycles. The van der Waals surface area contributed by atoms with Crippen LogP contribution in [0.2, 0.25) is 0 Å². The number of nitrogens with one attached hydrogen (secondary N) is 1. The number of anilines is 2. The maximum absolute atomic E-state index is 3.69. The molecule has 1 heterocycles. The maximum atomic E-state index is 3.69. The Hall–Kier alpha value is -4.66. The second kappa shape index (κ2) is 9.19. The smallest absolute Gasteiger partial charge is 0.0433 e. The molecule has 6 aromatic carbocycles. The summed E-state index contributed by atoms with van der Waals surface area (Å²) in [6, 6.07) is 48.7. The molecule has 0 bridgehead atoms. The third kappa shape index (κ3) is 3.90. The quantitative estimate of drug-likeness (QED) is 0.233. The third-order valence-electron chi connectivity index (χ3n) is 8.65. The first-order chi connectivity index (χ1) is 20.1. The van der Waals surface area contributed by atoms with Gasteiger partial charge in [0.15, 0.2) is 0 Å². The highest BCUT2D eigenvalue weighted by Gasteiger charge is 2.35. The van der Waals surface area contributed by atoms with E-state index in [0.29, 0.717) is 0 Å². The van der Waals surface area contributed by atoms with Gasteiger partial charge in [-0.25, -0.2) is 0 Å². The molecule has 1 N–H and O–H groups in total. The first-order valence-electron chi connectivity index (χ1n) is 14.2. The molecule has 0 amide bonds. The Labute approximate surface area is 244 Å². The molecular formula is C39H29NS. The van der Waals surface area contributed by atoms with Crippen LogP contribution >= 0.6 is 11.3 Å². The van der Waals surface area contributed by atoms with Gasteiger partial charge in [0.2, 0.25) is 0 Å². The molecule has 1 nitrogen and oxygen atoms in total. The van der Waals surface area contributed by atoms with Crippen molar-refractivity contribution >= 4 is 42.9 Å². The molecule has 0 fully saturated rings. The predicted molar refractivity (Wildman–Crippen MR) is 177 cm³/mol. The van der Waals surface area contributed by atoms with Crippen molar-refractivity contribution in [2.75, 3.05) is 5.32 Å². The van der Waals surface area contributed by atoms with Crippen LogP contribution in [0, 0.1) is 0 Å². The molecule has 1 aromatic heterocycles. The van der Waals surface area contributed by atoms with Gasteiger partial charge in [-0.05, 0) is 80.9 Å². The fourth-order valence-electron chi connectivity index (χ4n) is 6.57. The van der Waals surface area contributed by atoms with Crippen LogP contribution in [0.25, 0.3) is 53.6 Å². The van der Waals surface area contributed by atoms with Crippen molar-refractivity contribution in [1.29, 1.82) is 0 Å². The van der Waals surface area contributed by atoms with Crippen LogP contribution in [0.3, 0.4) is 0 Å². The zero-order chi connectivity index (χ0) is 27.6. The Morgan fingerprint density at radius 1 is 0.488 bits per heavy atom. The first-order valence-corrected chi connectivity index (χ1v) is 15.0. The summed E-state index contributed by atoms with van der Waals surface area (Å²) in [5.74, 6) is 0. The lowest BCUT2D eigenvalue weighted by Crippen LogP contribution is -2.14. The van der Waals surface area contributed by atoms with Crippen LogP contribution < -0.4 is 5.32 Å². The van der Waals surface area contributed by atoms with E-state index in [1.165, 1.54) is 64.7 Å². The Bertz CT molecular complexity index is 2110. The van der Waals surface area contributed by atoms with E-state index in [9.17, 15) is 0 Å². The van der Waals surface area contributed by atoms with Crippen molar-refractivity contribution in [3.63, 3.8) is 0 Å². The minimum Gasteiger partial charge on any atom is -0.355 e. The summed E-state index contributed by atoms with van der Waals surface area (Å²) in [5, 5.41) is 6.35. The van der Waals surface area contributed by atoms with Crippen molar-refractivity contribution < 1.29 is 0 Å². The normalized spacial score (nSPS) is 13.3. The largest absolute Gasteiger partial charge is 0.355 e. The van der Waals surface area contributed by atoms with Gasteiger partial charge in [0.1, 0.15) is 0 Å². The third-order valence-corrected chi connectivity index (χ3v) is 9.87. The van der Waals surface area contributed by atoms with E-state index in [2.05, 4.69) is 153 Å². The number of fused-ring (bicyclic) bond motifs is 6. The molecule has 0 saturated carbocycles. The van der Waals surface area contributed by atoms with Crippen molar-refractivity contribution in [3.05, 3.63) is 145 Å². The molecule has 0 atom stereocenters. The van der Waals surface area contributed by atoms with Crippen LogP contribution in [0.4, 0.5) is 11.4 Å². The second-order valence-corrected chi connectivity index (χ2v) is 12.6. The molecule has 196 valence electrons. The molecule has 0 spiro atoms. The standard InChI is InChI=1S/C39H29NS/c1-39(2)35-18-5-3-14-31(35)32-21-20-26(24-36(32)39)25-10-7-12-28(22-25)40-29-13-8-11-27(23-29)30-16-9-17-34-33-15-4-6-19-37(33)41-38(30)34/h3-24,40H,1-2H3. The highest BCUT2D eigenvalue weighted by atomic mass is 32.1. The first kappa shape index (κ1) is 24.2. The zero-order valence-electron chi connectivity index (χ0n) is 23.1. The summed E-state index contributed by atoms with van der Waals surface area (Å²) in [6.07, 6.45) is 0. The lowest BCUT2D eigenvalue weighted by molar-refractivity contribution is 0.660. The van der Waals surface area contributed by atoms with E-state index in [1.807, 2.05) is 11.3 Å². The van der Waals surface area contributed by atoms with Gasteiger partial charge >= 0.3 is 0 Å². The molecule has 41 heavy (non-hydrogen) atoms. The number of benzene rings is 6. The van der Waals surface area contributed by atoms with Gasteiger partial charge in [-0.1, -0.05) is 111 Å².